The number of imide groups is 1. The first-order valence-corrected chi connectivity index (χ1v) is 11.2. The second-order valence-electron chi connectivity index (χ2n) is 8.84. The van der Waals surface area contributed by atoms with E-state index in [0.29, 0.717) is 32.0 Å². The first kappa shape index (κ1) is 21.4. The molecule has 1 saturated heterocycles. The number of hydrogen-bond donors (Lipinski definition) is 2. The molecule has 0 spiro atoms. The molecular formula is C24H32N4O3. The third kappa shape index (κ3) is 4.45. The van der Waals surface area contributed by atoms with Gasteiger partial charge in [0.15, 0.2) is 5.96 Å². The van der Waals surface area contributed by atoms with Crippen molar-refractivity contribution in [2.24, 2.45) is 28.7 Å². The summed E-state index contributed by atoms with van der Waals surface area (Å²) >= 11 is 0. The van der Waals surface area contributed by atoms with Gasteiger partial charge in [-0.05, 0) is 56.2 Å². The largest absolute Gasteiger partial charge is 0.491 e. The maximum absolute atomic E-state index is 12.7. The number of nitrogens with one attached hydrogen (secondary N) is 2. The number of benzene rings is 1. The topological polar surface area (TPSA) is 83.0 Å². The Hall–Kier alpha value is -2.83. The van der Waals surface area contributed by atoms with Crippen LogP contribution in [0.5, 0.6) is 5.75 Å². The summed E-state index contributed by atoms with van der Waals surface area (Å²) in [4.78, 5) is 31.2. The van der Waals surface area contributed by atoms with Crippen molar-refractivity contribution in [1.82, 2.24) is 15.5 Å². The number of carbonyl (C=O) groups is 2. The predicted octanol–water partition coefficient (Wildman–Crippen LogP) is 2.34. The monoisotopic (exact) mass is 424 g/mol. The smallest absolute Gasteiger partial charge is 0.233 e. The lowest BCUT2D eigenvalue weighted by atomic mass is 9.85. The molecular weight excluding hydrogens is 392 g/mol. The number of hydrogen-bond acceptors (Lipinski definition) is 4. The van der Waals surface area contributed by atoms with Gasteiger partial charge in [0.1, 0.15) is 5.75 Å². The lowest BCUT2D eigenvalue weighted by molar-refractivity contribution is -0.140. The molecule has 0 radical (unpaired) electrons. The highest BCUT2D eigenvalue weighted by atomic mass is 16.5. The molecule has 7 heteroatoms. The van der Waals surface area contributed by atoms with E-state index in [1.54, 1.807) is 7.05 Å². The Morgan fingerprint density at radius 2 is 1.74 bits per heavy atom. The maximum atomic E-state index is 12.7. The molecule has 166 valence electrons. The Balaban J connectivity index is 1.19. The third-order valence-electron chi connectivity index (χ3n) is 6.39. The molecule has 2 bridgehead atoms. The average molecular weight is 425 g/mol. The molecule has 1 aliphatic heterocycles. The molecule has 31 heavy (non-hydrogen) atoms. The lowest BCUT2D eigenvalue weighted by Crippen LogP contribution is -2.39. The number of nitrogens with zero attached hydrogens (tertiary/aromatic N) is 2. The van der Waals surface area contributed by atoms with Gasteiger partial charge in [0, 0.05) is 26.7 Å². The third-order valence-corrected chi connectivity index (χ3v) is 6.39. The quantitative estimate of drug-likeness (QED) is 0.220. The van der Waals surface area contributed by atoms with Gasteiger partial charge < -0.3 is 15.4 Å². The van der Waals surface area contributed by atoms with Gasteiger partial charge in [-0.25, -0.2) is 0 Å². The van der Waals surface area contributed by atoms with Gasteiger partial charge in [-0.15, -0.1) is 0 Å². The molecule has 0 aromatic heterocycles. The van der Waals surface area contributed by atoms with Crippen LogP contribution in [0.1, 0.15) is 32.3 Å². The van der Waals surface area contributed by atoms with Gasteiger partial charge in [-0.2, -0.15) is 0 Å². The SMILES string of the molecule is CN=C(NCCCN1C(=O)C2C3C=CC(C3)C2C1=O)NCc1ccc(OC(C)C)cc1. The van der Waals surface area contributed by atoms with E-state index < -0.39 is 0 Å². The minimum atomic E-state index is -0.109. The highest BCUT2D eigenvalue weighted by molar-refractivity contribution is 6.06. The van der Waals surface area contributed by atoms with Crippen molar-refractivity contribution >= 4 is 17.8 Å². The van der Waals surface area contributed by atoms with E-state index in [2.05, 4.69) is 27.8 Å². The number of ether oxygens (including phenoxy) is 1. The normalized spacial score (nSPS) is 26.7. The molecule has 4 rings (SSSR count). The summed E-state index contributed by atoms with van der Waals surface area (Å²) in [6.45, 7) is 5.76. The Morgan fingerprint density at radius 3 is 2.32 bits per heavy atom. The fraction of sp³-hybridized carbons (Fsp3) is 0.542. The van der Waals surface area contributed by atoms with Crippen LogP contribution in [-0.2, 0) is 16.1 Å². The molecule has 1 aromatic rings. The summed E-state index contributed by atoms with van der Waals surface area (Å²) in [6.07, 6.45) is 6.08. The summed E-state index contributed by atoms with van der Waals surface area (Å²) in [5, 5.41) is 6.55. The molecule has 1 saturated carbocycles. The highest BCUT2D eigenvalue weighted by Crippen LogP contribution is 2.52. The van der Waals surface area contributed by atoms with Crippen LogP contribution in [0.2, 0.25) is 0 Å². The van der Waals surface area contributed by atoms with Gasteiger partial charge in [0.25, 0.3) is 0 Å². The summed E-state index contributed by atoms with van der Waals surface area (Å²) < 4.78 is 5.67. The Bertz CT molecular complexity index is 847. The molecule has 2 fully saturated rings. The second kappa shape index (κ2) is 9.12. The van der Waals surface area contributed by atoms with Crippen LogP contribution in [0.25, 0.3) is 0 Å². The molecule has 7 nitrogen and oxygen atoms in total. The second-order valence-corrected chi connectivity index (χ2v) is 8.84. The van der Waals surface area contributed by atoms with Crippen molar-refractivity contribution in [2.75, 3.05) is 20.1 Å². The summed E-state index contributed by atoms with van der Waals surface area (Å²) in [5.74, 6) is 1.93. The fourth-order valence-corrected chi connectivity index (χ4v) is 4.99. The predicted molar refractivity (Wildman–Crippen MR) is 119 cm³/mol. The van der Waals surface area contributed by atoms with E-state index in [9.17, 15) is 9.59 Å². The van der Waals surface area contributed by atoms with Gasteiger partial charge in [0.05, 0.1) is 17.9 Å². The minimum Gasteiger partial charge on any atom is -0.491 e. The number of carbonyl (C=O) groups excluding carboxylic acids is 2. The number of likely N-dealkylation sites (tertiary alicyclic amines) is 1. The number of amides is 2. The van der Waals surface area contributed by atoms with Crippen molar-refractivity contribution in [3.8, 4) is 5.75 Å². The van der Waals surface area contributed by atoms with Gasteiger partial charge in [0.2, 0.25) is 11.8 Å². The molecule has 4 unspecified atom stereocenters. The number of fused-ring (bicyclic) bond motifs is 5. The number of rotatable bonds is 8. The standard InChI is InChI=1S/C24H32N4O3/c1-15(2)31-19-9-5-16(6-10-19)14-27-24(25-3)26-11-4-12-28-22(29)20-17-7-8-18(13-17)21(20)23(28)30/h5-10,15,17-18,20-21H,4,11-14H2,1-3H3,(H2,25,26,27). The van der Waals surface area contributed by atoms with Crippen molar-refractivity contribution in [3.63, 3.8) is 0 Å². The molecule has 1 heterocycles. The van der Waals surface area contributed by atoms with E-state index in [0.717, 1.165) is 17.7 Å². The molecule has 1 aromatic carbocycles. The zero-order chi connectivity index (χ0) is 22.0. The summed E-state index contributed by atoms with van der Waals surface area (Å²) in [6, 6.07) is 7.99. The molecule has 2 aliphatic carbocycles. The fourth-order valence-electron chi connectivity index (χ4n) is 4.99. The van der Waals surface area contributed by atoms with Crippen molar-refractivity contribution in [2.45, 2.75) is 39.3 Å². The first-order valence-electron chi connectivity index (χ1n) is 11.2. The van der Waals surface area contributed by atoms with Crippen LogP contribution in [-0.4, -0.2) is 48.9 Å². The van der Waals surface area contributed by atoms with Crippen LogP contribution in [0.4, 0.5) is 0 Å². The molecule has 2 amide bonds. The zero-order valence-corrected chi connectivity index (χ0v) is 18.5. The lowest BCUT2D eigenvalue weighted by Gasteiger charge is -2.18. The Morgan fingerprint density at radius 1 is 1.10 bits per heavy atom. The van der Waals surface area contributed by atoms with E-state index >= 15 is 0 Å². The van der Waals surface area contributed by atoms with Gasteiger partial charge in [-0.1, -0.05) is 24.3 Å². The first-order chi connectivity index (χ1) is 15.0. The summed E-state index contributed by atoms with van der Waals surface area (Å²) in [7, 11) is 1.73. The zero-order valence-electron chi connectivity index (χ0n) is 18.5. The highest BCUT2D eigenvalue weighted by Gasteiger charge is 2.58. The van der Waals surface area contributed by atoms with E-state index in [4.69, 9.17) is 4.74 Å². The number of allylic oxidation sites excluding steroid dienone is 2. The maximum Gasteiger partial charge on any atom is 0.233 e. The summed E-state index contributed by atoms with van der Waals surface area (Å²) in [5.41, 5.74) is 1.13. The van der Waals surface area contributed by atoms with Crippen LogP contribution < -0.4 is 15.4 Å². The Labute approximate surface area is 183 Å². The van der Waals surface area contributed by atoms with Crippen molar-refractivity contribution in [3.05, 3.63) is 42.0 Å². The number of aliphatic imine (C=N–C) groups is 1. The van der Waals surface area contributed by atoms with Crippen LogP contribution in [0.3, 0.4) is 0 Å². The minimum absolute atomic E-state index is 0.0271. The van der Waals surface area contributed by atoms with E-state index in [1.165, 1.54) is 4.90 Å². The van der Waals surface area contributed by atoms with Crippen molar-refractivity contribution < 1.29 is 14.3 Å². The van der Waals surface area contributed by atoms with Crippen molar-refractivity contribution in [1.29, 1.82) is 0 Å². The van der Waals surface area contributed by atoms with E-state index in [-0.39, 0.29) is 41.6 Å². The van der Waals surface area contributed by atoms with Crippen LogP contribution in [0.15, 0.2) is 41.4 Å². The van der Waals surface area contributed by atoms with Gasteiger partial charge in [-0.3, -0.25) is 19.5 Å². The van der Waals surface area contributed by atoms with Crippen LogP contribution in [0, 0.1) is 23.7 Å². The van der Waals surface area contributed by atoms with Crippen LogP contribution >= 0.6 is 0 Å². The van der Waals surface area contributed by atoms with Gasteiger partial charge >= 0.3 is 0 Å². The molecule has 2 N–H and O–H groups in total. The molecule has 3 aliphatic rings. The number of guanidine groups is 1. The van der Waals surface area contributed by atoms with E-state index in [1.807, 2.05) is 38.1 Å². The molecule has 4 atom stereocenters. The Kier molecular flexibility index (Phi) is 6.30. The average Bonchev–Trinajstić information content (AvgIpc) is 3.43.